The van der Waals surface area contributed by atoms with Crippen LogP contribution in [0.3, 0.4) is 0 Å². The Morgan fingerprint density at radius 1 is 0.615 bits per heavy atom. The fourth-order valence-corrected chi connectivity index (χ4v) is 6.45. The lowest BCUT2D eigenvalue weighted by Crippen LogP contribution is -2.43. The standard InChI is InChI=1S/C38H70O12S2/c1-27(28(2)39)24-37(9,35(42)50-32(6)47-22-17-16-21-46-31(5)49-34(41)36(7,8)52-13)25-38(10,26-51-12)33(40)18-23-48-30(4)45-20-15-14-19-44-29(3)43-11/h27,29-32H,14-26H2,1-13H3. The van der Waals surface area contributed by atoms with Crippen LogP contribution in [-0.4, -0.2) is 112 Å². The van der Waals surface area contributed by atoms with Gasteiger partial charge in [-0.25, -0.2) is 0 Å². The molecule has 14 heteroatoms. The van der Waals surface area contributed by atoms with Crippen LogP contribution in [-0.2, 0) is 57.1 Å². The number of carbonyl (C=O) groups excluding carboxylic acids is 4. The molecule has 0 saturated carbocycles. The molecule has 7 unspecified atom stereocenters. The Morgan fingerprint density at radius 2 is 1.06 bits per heavy atom. The van der Waals surface area contributed by atoms with Gasteiger partial charge in [0.15, 0.2) is 25.2 Å². The predicted octanol–water partition coefficient (Wildman–Crippen LogP) is 7.23. The molecule has 0 aliphatic carbocycles. The van der Waals surface area contributed by atoms with Crippen molar-refractivity contribution in [2.45, 2.75) is 144 Å². The number of thioether (sulfide) groups is 2. The summed E-state index contributed by atoms with van der Waals surface area (Å²) in [4.78, 5) is 52.1. The van der Waals surface area contributed by atoms with Crippen molar-refractivity contribution in [1.82, 2.24) is 0 Å². The zero-order valence-electron chi connectivity index (χ0n) is 34.3. The van der Waals surface area contributed by atoms with Crippen LogP contribution >= 0.6 is 23.5 Å². The minimum absolute atomic E-state index is 0.0310. The lowest BCUT2D eigenvalue weighted by Gasteiger charge is -2.38. The molecule has 0 spiro atoms. The second-order valence-electron chi connectivity index (χ2n) is 14.4. The average Bonchev–Trinajstić information content (AvgIpc) is 3.07. The summed E-state index contributed by atoms with van der Waals surface area (Å²) < 4.78 is 44.0. The monoisotopic (exact) mass is 782 g/mol. The first kappa shape index (κ1) is 50.7. The maximum absolute atomic E-state index is 13.8. The number of ketones is 2. The molecule has 0 aromatic carbocycles. The number of methoxy groups -OCH3 is 1. The molecular formula is C38H70O12S2. The lowest BCUT2D eigenvalue weighted by atomic mass is 9.67. The molecule has 0 aliphatic heterocycles. The van der Waals surface area contributed by atoms with Gasteiger partial charge in [-0.05, 0) is 106 Å². The van der Waals surface area contributed by atoms with E-state index >= 15 is 0 Å². The number of hydrogen-bond acceptors (Lipinski definition) is 14. The highest BCUT2D eigenvalue weighted by molar-refractivity contribution is 8.00. The van der Waals surface area contributed by atoms with Gasteiger partial charge in [0, 0.05) is 43.8 Å². The van der Waals surface area contributed by atoms with Gasteiger partial charge in [0.1, 0.15) is 16.3 Å². The van der Waals surface area contributed by atoms with Crippen molar-refractivity contribution in [3.8, 4) is 0 Å². The Balaban J connectivity index is 5.12. The molecule has 0 aromatic rings. The highest BCUT2D eigenvalue weighted by Gasteiger charge is 2.46. The van der Waals surface area contributed by atoms with Gasteiger partial charge in [0.2, 0.25) is 0 Å². The van der Waals surface area contributed by atoms with E-state index in [4.69, 9.17) is 37.9 Å². The van der Waals surface area contributed by atoms with Crippen LogP contribution in [0.15, 0.2) is 0 Å². The van der Waals surface area contributed by atoms with Gasteiger partial charge >= 0.3 is 11.9 Å². The molecule has 0 N–H and O–H groups in total. The first-order valence-corrected chi connectivity index (χ1v) is 21.0. The van der Waals surface area contributed by atoms with Crippen molar-refractivity contribution >= 4 is 47.0 Å². The Hall–Kier alpha value is -1.26. The first-order chi connectivity index (χ1) is 24.3. The van der Waals surface area contributed by atoms with Crippen molar-refractivity contribution in [2.24, 2.45) is 16.7 Å². The number of rotatable bonds is 32. The van der Waals surface area contributed by atoms with E-state index < -0.39 is 46.3 Å². The Kier molecular flexibility index (Phi) is 25.9. The number of ether oxygens (including phenoxy) is 8. The predicted molar refractivity (Wildman–Crippen MR) is 206 cm³/mol. The molecule has 52 heavy (non-hydrogen) atoms. The van der Waals surface area contributed by atoms with Crippen molar-refractivity contribution < 1.29 is 57.1 Å². The minimum Gasteiger partial charge on any atom is -0.436 e. The molecule has 12 nitrogen and oxygen atoms in total. The van der Waals surface area contributed by atoms with Gasteiger partial charge in [0.05, 0.1) is 25.2 Å². The van der Waals surface area contributed by atoms with Crippen LogP contribution in [0.4, 0.5) is 0 Å². The third-order valence-electron chi connectivity index (χ3n) is 8.91. The Bertz CT molecular complexity index is 1040. The first-order valence-electron chi connectivity index (χ1n) is 18.4. The number of Topliss-reactive ketones (excluding diaryl/α,β-unsaturated/α-hetero) is 2. The highest BCUT2D eigenvalue weighted by atomic mass is 32.2. The lowest BCUT2D eigenvalue weighted by molar-refractivity contribution is -0.189. The van der Waals surface area contributed by atoms with Crippen LogP contribution in [0.2, 0.25) is 0 Å². The van der Waals surface area contributed by atoms with E-state index in [9.17, 15) is 19.2 Å². The third-order valence-corrected chi connectivity index (χ3v) is 11.0. The average molecular weight is 783 g/mol. The minimum atomic E-state index is -1.13. The third kappa shape index (κ3) is 21.0. The van der Waals surface area contributed by atoms with E-state index in [2.05, 4.69) is 0 Å². The SMILES string of the molecule is COC(C)OCCCCOC(C)OCCC(=O)C(C)(CSC)CC(C)(CC(C)C(C)=O)C(=O)OC(C)OCCCCOC(C)OC(=O)C(C)(C)SC. The Labute approximate surface area is 322 Å². The fourth-order valence-electron chi connectivity index (χ4n) is 5.33. The highest BCUT2D eigenvalue weighted by Crippen LogP contribution is 2.43. The smallest absolute Gasteiger partial charge is 0.323 e. The van der Waals surface area contributed by atoms with E-state index in [1.165, 1.54) is 30.4 Å². The molecule has 0 heterocycles. The summed E-state index contributed by atoms with van der Waals surface area (Å²) >= 11 is 2.94. The molecule has 0 fully saturated rings. The summed E-state index contributed by atoms with van der Waals surface area (Å²) in [5, 5.41) is 0. The summed E-state index contributed by atoms with van der Waals surface area (Å²) in [5.74, 6) is -0.842. The molecule has 0 amide bonds. The van der Waals surface area contributed by atoms with E-state index in [-0.39, 0.29) is 49.7 Å². The van der Waals surface area contributed by atoms with E-state index in [1.807, 2.05) is 26.4 Å². The molecule has 306 valence electrons. The zero-order chi connectivity index (χ0) is 40.0. The molecule has 0 aliphatic rings. The summed E-state index contributed by atoms with van der Waals surface area (Å²) in [6, 6.07) is 0. The second kappa shape index (κ2) is 26.5. The molecule has 0 saturated heterocycles. The normalized spacial score (nSPS) is 17.2. The van der Waals surface area contributed by atoms with Crippen LogP contribution in [0.1, 0.15) is 114 Å². The van der Waals surface area contributed by atoms with Gasteiger partial charge in [-0.3, -0.25) is 19.2 Å². The molecule has 0 aromatic heterocycles. The van der Waals surface area contributed by atoms with E-state index in [0.717, 1.165) is 12.8 Å². The molecular weight excluding hydrogens is 713 g/mol. The van der Waals surface area contributed by atoms with Crippen molar-refractivity contribution in [3.63, 3.8) is 0 Å². The molecule has 0 rings (SSSR count). The van der Waals surface area contributed by atoms with Crippen LogP contribution in [0, 0.1) is 16.7 Å². The summed E-state index contributed by atoms with van der Waals surface area (Å²) in [7, 11) is 1.60. The number of esters is 2. The van der Waals surface area contributed by atoms with Gasteiger partial charge in [-0.2, -0.15) is 11.8 Å². The number of hydrogen-bond donors (Lipinski definition) is 0. The second-order valence-corrected chi connectivity index (χ2v) is 16.7. The van der Waals surface area contributed by atoms with Gasteiger partial charge in [0.25, 0.3) is 0 Å². The van der Waals surface area contributed by atoms with E-state index in [1.54, 1.807) is 55.6 Å². The number of carbonyl (C=O) groups is 4. The molecule has 0 radical (unpaired) electrons. The van der Waals surface area contributed by atoms with Crippen molar-refractivity contribution in [2.75, 3.05) is 58.4 Å². The summed E-state index contributed by atoms with van der Waals surface area (Å²) in [6.07, 6.45) is 5.05. The topological polar surface area (TPSA) is 142 Å². The molecule has 0 bridgehead atoms. The summed E-state index contributed by atoms with van der Waals surface area (Å²) in [6.45, 7) is 19.5. The fraction of sp³-hybridized carbons (Fsp3) is 0.895. The van der Waals surface area contributed by atoms with Gasteiger partial charge < -0.3 is 37.9 Å². The van der Waals surface area contributed by atoms with Crippen molar-refractivity contribution in [3.05, 3.63) is 0 Å². The maximum atomic E-state index is 13.8. The summed E-state index contributed by atoms with van der Waals surface area (Å²) in [5.41, 5.74) is -2.01. The van der Waals surface area contributed by atoms with Crippen LogP contribution in [0.25, 0.3) is 0 Å². The van der Waals surface area contributed by atoms with Crippen LogP contribution < -0.4 is 0 Å². The zero-order valence-corrected chi connectivity index (χ0v) is 35.9. The van der Waals surface area contributed by atoms with Gasteiger partial charge in [-0.15, -0.1) is 11.8 Å². The Morgan fingerprint density at radius 3 is 1.50 bits per heavy atom. The van der Waals surface area contributed by atoms with Gasteiger partial charge in [-0.1, -0.05) is 13.8 Å². The van der Waals surface area contributed by atoms with E-state index in [0.29, 0.717) is 45.0 Å². The largest absolute Gasteiger partial charge is 0.436 e. The number of unbranched alkanes of at least 4 members (excludes halogenated alkanes) is 2. The maximum Gasteiger partial charge on any atom is 0.323 e. The van der Waals surface area contributed by atoms with Crippen molar-refractivity contribution in [1.29, 1.82) is 0 Å². The quantitative estimate of drug-likeness (QED) is 0.0385. The van der Waals surface area contributed by atoms with Crippen LogP contribution in [0.5, 0.6) is 0 Å². The molecule has 7 atom stereocenters.